The van der Waals surface area contributed by atoms with Gasteiger partial charge in [-0.15, -0.1) is 0 Å². The number of nitrogens with one attached hydrogen (secondary N) is 1. The molecule has 0 spiro atoms. The van der Waals surface area contributed by atoms with Crippen LogP contribution in [0.5, 0.6) is 0 Å². The maximum atomic E-state index is 13.5. The van der Waals surface area contributed by atoms with Crippen molar-refractivity contribution in [3.05, 3.63) is 39.8 Å². The number of benzene rings is 1. The number of aromatic amines is 1. The second-order valence-corrected chi connectivity index (χ2v) is 9.24. The van der Waals surface area contributed by atoms with Crippen molar-refractivity contribution in [3.63, 3.8) is 0 Å². The molecule has 2 aromatic heterocycles. The molecule has 0 bridgehead atoms. The van der Waals surface area contributed by atoms with E-state index >= 15 is 0 Å². The summed E-state index contributed by atoms with van der Waals surface area (Å²) in [5, 5.41) is 6.05. The highest BCUT2D eigenvalue weighted by Crippen LogP contribution is 2.35. The van der Waals surface area contributed by atoms with Crippen LogP contribution >= 0.6 is 0 Å². The topological polar surface area (TPSA) is 74.2 Å². The van der Waals surface area contributed by atoms with Crippen LogP contribution in [0.2, 0.25) is 0 Å². The third kappa shape index (κ3) is 3.35. The summed E-state index contributed by atoms with van der Waals surface area (Å²) in [6, 6.07) is 4.63. The van der Waals surface area contributed by atoms with Crippen LogP contribution in [0.4, 0.5) is 0 Å². The fraction of sp³-hybridized carbons (Fsp3) is 0.542. The lowest BCUT2D eigenvalue weighted by molar-refractivity contribution is 0.0515. The Kier molecular flexibility index (Phi) is 5.08. The van der Waals surface area contributed by atoms with E-state index in [0.29, 0.717) is 17.5 Å². The van der Waals surface area contributed by atoms with E-state index < -0.39 is 0 Å². The van der Waals surface area contributed by atoms with Gasteiger partial charge in [0.15, 0.2) is 0 Å². The average Bonchev–Trinajstić information content (AvgIpc) is 3.13. The molecule has 1 saturated heterocycles. The minimum atomic E-state index is -0.118. The summed E-state index contributed by atoms with van der Waals surface area (Å²) >= 11 is 0. The summed E-state index contributed by atoms with van der Waals surface area (Å²) in [7, 11) is 0. The molecule has 1 aliphatic heterocycles. The van der Waals surface area contributed by atoms with Crippen LogP contribution in [-0.2, 0) is 0 Å². The first-order valence-corrected chi connectivity index (χ1v) is 11.5. The van der Waals surface area contributed by atoms with Gasteiger partial charge in [0, 0.05) is 36.6 Å². The predicted molar refractivity (Wildman–Crippen MR) is 123 cm³/mol. The summed E-state index contributed by atoms with van der Waals surface area (Å²) in [4.78, 5) is 33.6. The standard InChI is InChI=1S/C24H31N5O2/c1-4-8-27-9-10-28(14-16(27)3)24(31)18-12-19-21(11-15(18)2)26-23(30)20-13-25-29(22(19)20)17-6-5-7-17/h11-13,16-17H,4-10,14H2,1-3H3,(H,26,30)/t16-/m0/s1. The molecular formula is C24H31N5O2. The van der Waals surface area contributed by atoms with Gasteiger partial charge in [0.05, 0.1) is 28.7 Å². The van der Waals surface area contributed by atoms with E-state index in [1.165, 1.54) is 6.42 Å². The van der Waals surface area contributed by atoms with Crippen molar-refractivity contribution in [3.8, 4) is 0 Å². The Morgan fingerprint density at radius 1 is 1.23 bits per heavy atom. The highest BCUT2D eigenvalue weighted by molar-refractivity contribution is 6.07. The molecule has 1 amide bonds. The number of nitrogens with zero attached hydrogens (tertiary/aromatic N) is 4. The maximum absolute atomic E-state index is 13.5. The molecule has 1 saturated carbocycles. The van der Waals surface area contributed by atoms with E-state index in [1.54, 1.807) is 6.20 Å². The van der Waals surface area contributed by atoms with E-state index in [-0.39, 0.29) is 11.5 Å². The number of fused-ring (bicyclic) bond motifs is 3. The van der Waals surface area contributed by atoms with Crippen LogP contribution in [0.3, 0.4) is 0 Å². The molecule has 31 heavy (non-hydrogen) atoms. The van der Waals surface area contributed by atoms with Gasteiger partial charge in [-0.05, 0) is 63.8 Å². The van der Waals surface area contributed by atoms with Crippen LogP contribution in [0, 0.1) is 6.92 Å². The van der Waals surface area contributed by atoms with Gasteiger partial charge in [-0.3, -0.25) is 19.2 Å². The summed E-state index contributed by atoms with van der Waals surface area (Å²) in [6.45, 7) is 9.85. The molecule has 7 heteroatoms. The lowest BCUT2D eigenvalue weighted by atomic mass is 9.93. The zero-order valence-corrected chi connectivity index (χ0v) is 18.6. The molecule has 2 fully saturated rings. The summed E-state index contributed by atoms with van der Waals surface area (Å²) < 4.78 is 2.01. The molecule has 3 aromatic rings. The minimum Gasteiger partial charge on any atom is -0.336 e. The minimum absolute atomic E-state index is 0.0801. The van der Waals surface area contributed by atoms with Crippen molar-refractivity contribution < 1.29 is 4.79 Å². The monoisotopic (exact) mass is 421 g/mol. The molecule has 1 aromatic carbocycles. The Bertz CT molecular complexity index is 1210. The fourth-order valence-corrected chi connectivity index (χ4v) is 5.10. The molecular weight excluding hydrogens is 390 g/mol. The number of carbonyl (C=O) groups excluding carboxylic acids is 1. The Labute approximate surface area is 182 Å². The number of aryl methyl sites for hydroxylation is 1. The van der Waals surface area contributed by atoms with Gasteiger partial charge in [-0.1, -0.05) is 6.92 Å². The van der Waals surface area contributed by atoms with Crippen LogP contribution in [-0.4, -0.2) is 62.7 Å². The normalized spacial score (nSPS) is 20.5. The highest BCUT2D eigenvalue weighted by atomic mass is 16.2. The van der Waals surface area contributed by atoms with E-state index in [9.17, 15) is 9.59 Å². The van der Waals surface area contributed by atoms with Crippen LogP contribution in [0.25, 0.3) is 21.8 Å². The van der Waals surface area contributed by atoms with Crippen molar-refractivity contribution in [2.24, 2.45) is 0 Å². The molecule has 1 N–H and O–H groups in total. The summed E-state index contributed by atoms with van der Waals surface area (Å²) in [6.07, 6.45) is 6.16. The summed E-state index contributed by atoms with van der Waals surface area (Å²) in [5.41, 5.74) is 3.13. The van der Waals surface area contributed by atoms with Gasteiger partial charge in [-0.2, -0.15) is 5.10 Å². The number of hydrogen-bond donors (Lipinski definition) is 1. The largest absolute Gasteiger partial charge is 0.336 e. The van der Waals surface area contributed by atoms with Crippen molar-refractivity contribution in [1.82, 2.24) is 24.6 Å². The van der Waals surface area contributed by atoms with Gasteiger partial charge >= 0.3 is 0 Å². The Morgan fingerprint density at radius 2 is 2.03 bits per heavy atom. The SMILES string of the molecule is CCCN1CCN(C(=O)c2cc3c(cc2C)[nH]c(=O)c2cnn(C4CCC4)c23)C[C@@H]1C. The molecule has 1 aliphatic carbocycles. The first kappa shape index (κ1) is 20.2. The number of H-pyrrole nitrogens is 1. The third-order valence-corrected chi connectivity index (χ3v) is 7.12. The lowest BCUT2D eigenvalue weighted by Crippen LogP contribution is -2.53. The third-order valence-electron chi connectivity index (χ3n) is 7.12. The van der Waals surface area contributed by atoms with Gasteiger partial charge in [0.2, 0.25) is 0 Å². The van der Waals surface area contributed by atoms with E-state index in [4.69, 9.17) is 0 Å². The van der Waals surface area contributed by atoms with Crippen LogP contribution in [0.15, 0.2) is 23.1 Å². The van der Waals surface area contributed by atoms with Crippen molar-refractivity contribution in [1.29, 1.82) is 0 Å². The Morgan fingerprint density at radius 3 is 2.71 bits per heavy atom. The number of hydrogen-bond acceptors (Lipinski definition) is 4. The molecule has 0 radical (unpaired) electrons. The number of carbonyl (C=O) groups is 1. The van der Waals surface area contributed by atoms with Gasteiger partial charge < -0.3 is 9.88 Å². The second kappa shape index (κ2) is 7.79. The molecule has 7 nitrogen and oxygen atoms in total. The highest BCUT2D eigenvalue weighted by Gasteiger charge is 2.29. The first-order valence-electron chi connectivity index (χ1n) is 11.5. The quantitative estimate of drug-likeness (QED) is 0.700. The van der Waals surface area contributed by atoms with Crippen molar-refractivity contribution >= 4 is 27.7 Å². The first-order chi connectivity index (χ1) is 15.0. The van der Waals surface area contributed by atoms with Gasteiger partial charge in [-0.25, -0.2) is 0 Å². The van der Waals surface area contributed by atoms with Crippen LogP contribution in [0.1, 0.15) is 61.5 Å². The summed E-state index contributed by atoms with van der Waals surface area (Å²) in [5.74, 6) is 0.0801. The Balaban J connectivity index is 1.56. The zero-order valence-electron chi connectivity index (χ0n) is 18.6. The Hall–Kier alpha value is -2.67. The maximum Gasteiger partial charge on any atom is 0.259 e. The molecule has 164 valence electrons. The fourth-order valence-electron chi connectivity index (χ4n) is 5.10. The molecule has 5 rings (SSSR count). The molecule has 2 aliphatic rings. The lowest BCUT2D eigenvalue weighted by Gasteiger charge is -2.40. The molecule has 1 atom stereocenters. The zero-order chi connectivity index (χ0) is 21.7. The van der Waals surface area contributed by atoms with Gasteiger partial charge in [0.25, 0.3) is 11.5 Å². The van der Waals surface area contributed by atoms with E-state index in [2.05, 4.69) is 28.8 Å². The number of amides is 1. The van der Waals surface area contributed by atoms with E-state index in [0.717, 1.165) is 73.0 Å². The van der Waals surface area contributed by atoms with Crippen molar-refractivity contribution in [2.45, 2.75) is 58.5 Å². The number of aromatic nitrogens is 3. The van der Waals surface area contributed by atoms with Gasteiger partial charge in [0.1, 0.15) is 0 Å². The smallest absolute Gasteiger partial charge is 0.259 e. The average molecular weight is 422 g/mol. The number of piperazine rings is 1. The van der Waals surface area contributed by atoms with Crippen molar-refractivity contribution in [2.75, 3.05) is 26.2 Å². The van der Waals surface area contributed by atoms with Crippen LogP contribution < -0.4 is 5.56 Å². The predicted octanol–water partition coefficient (Wildman–Crippen LogP) is 3.47. The number of rotatable bonds is 4. The van der Waals surface area contributed by atoms with E-state index in [1.807, 2.05) is 28.6 Å². The molecule has 3 heterocycles. The number of pyridine rings is 1. The second-order valence-electron chi connectivity index (χ2n) is 9.24. The molecule has 0 unspecified atom stereocenters.